The van der Waals surface area contributed by atoms with Crippen molar-refractivity contribution in [2.45, 2.75) is 46.5 Å². The van der Waals surface area contributed by atoms with Gasteiger partial charge in [-0.3, -0.25) is 0 Å². The SMILES string of the molecule is Cc1c(N)cc(C(C)C)cc1C(C)C. The van der Waals surface area contributed by atoms with Crippen molar-refractivity contribution in [3.8, 4) is 0 Å². The summed E-state index contributed by atoms with van der Waals surface area (Å²) in [5.74, 6) is 1.10. The molecule has 2 N–H and O–H groups in total. The smallest absolute Gasteiger partial charge is 0.0349 e. The molecule has 1 nitrogen and oxygen atoms in total. The zero-order valence-electron chi connectivity index (χ0n) is 9.89. The summed E-state index contributed by atoms with van der Waals surface area (Å²) in [5.41, 5.74) is 10.9. The molecule has 0 fully saturated rings. The Morgan fingerprint density at radius 3 is 2.00 bits per heavy atom. The van der Waals surface area contributed by atoms with E-state index in [1.165, 1.54) is 16.7 Å². The largest absolute Gasteiger partial charge is 0.398 e. The molecule has 1 aromatic rings. The van der Waals surface area contributed by atoms with E-state index in [-0.39, 0.29) is 0 Å². The van der Waals surface area contributed by atoms with Gasteiger partial charge >= 0.3 is 0 Å². The maximum atomic E-state index is 6.00. The highest BCUT2D eigenvalue weighted by Gasteiger charge is 2.09. The summed E-state index contributed by atoms with van der Waals surface area (Å²) in [4.78, 5) is 0. The minimum Gasteiger partial charge on any atom is -0.398 e. The highest BCUT2D eigenvalue weighted by Crippen LogP contribution is 2.28. The van der Waals surface area contributed by atoms with Crippen molar-refractivity contribution in [2.24, 2.45) is 0 Å². The first kappa shape index (κ1) is 11.1. The van der Waals surface area contributed by atoms with Crippen molar-refractivity contribution >= 4 is 5.69 Å². The van der Waals surface area contributed by atoms with Crippen molar-refractivity contribution in [2.75, 3.05) is 5.73 Å². The lowest BCUT2D eigenvalue weighted by atomic mass is 9.91. The Kier molecular flexibility index (Phi) is 3.20. The summed E-state index contributed by atoms with van der Waals surface area (Å²) in [6, 6.07) is 4.40. The molecule has 0 heterocycles. The summed E-state index contributed by atoms with van der Waals surface area (Å²) in [5, 5.41) is 0. The third-order valence-electron chi connectivity index (χ3n) is 2.80. The Morgan fingerprint density at radius 2 is 1.57 bits per heavy atom. The number of benzene rings is 1. The molecule has 1 rings (SSSR count). The van der Waals surface area contributed by atoms with Crippen LogP contribution < -0.4 is 5.73 Å². The second kappa shape index (κ2) is 4.04. The molecule has 0 aliphatic heterocycles. The topological polar surface area (TPSA) is 26.0 Å². The van der Waals surface area contributed by atoms with Crippen LogP contribution in [0.4, 0.5) is 5.69 Å². The van der Waals surface area contributed by atoms with Crippen LogP contribution in [0.25, 0.3) is 0 Å². The third-order valence-corrected chi connectivity index (χ3v) is 2.80. The Hall–Kier alpha value is -0.980. The normalized spacial score (nSPS) is 11.4. The number of nitrogen functional groups attached to an aromatic ring is 1. The van der Waals surface area contributed by atoms with Gasteiger partial charge in [0.05, 0.1) is 0 Å². The predicted octanol–water partition coefficient (Wildman–Crippen LogP) is 3.82. The van der Waals surface area contributed by atoms with Crippen LogP contribution in [-0.4, -0.2) is 0 Å². The van der Waals surface area contributed by atoms with Crippen molar-refractivity contribution in [3.63, 3.8) is 0 Å². The van der Waals surface area contributed by atoms with Gasteiger partial charge in [-0.25, -0.2) is 0 Å². The van der Waals surface area contributed by atoms with Crippen molar-refractivity contribution < 1.29 is 0 Å². The van der Waals surface area contributed by atoms with Crippen LogP contribution in [0, 0.1) is 6.92 Å². The van der Waals surface area contributed by atoms with E-state index < -0.39 is 0 Å². The summed E-state index contributed by atoms with van der Waals surface area (Å²) in [6.07, 6.45) is 0. The highest BCUT2D eigenvalue weighted by atomic mass is 14.6. The lowest BCUT2D eigenvalue weighted by Gasteiger charge is -2.16. The first-order valence-corrected chi connectivity index (χ1v) is 5.33. The molecule has 0 atom stereocenters. The fraction of sp³-hybridized carbons (Fsp3) is 0.538. The molecular formula is C13H21N. The average Bonchev–Trinajstić information content (AvgIpc) is 2.08. The van der Waals surface area contributed by atoms with Gasteiger partial charge in [0.25, 0.3) is 0 Å². The number of anilines is 1. The predicted molar refractivity (Wildman–Crippen MR) is 63.8 cm³/mol. The highest BCUT2D eigenvalue weighted by molar-refractivity contribution is 5.54. The second-order valence-corrected chi connectivity index (χ2v) is 4.63. The third kappa shape index (κ3) is 2.09. The van der Waals surface area contributed by atoms with E-state index in [0.717, 1.165) is 5.69 Å². The average molecular weight is 191 g/mol. The maximum absolute atomic E-state index is 6.00. The van der Waals surface area contributed by atoms with E-state index in [1.54, 1.807) is 0 Å². The molecule has 0 saturated carbocycles. The lowest BCUT2D eigenvalue weighted by Crippen LogP contribution is -2.01. The van der Waals surface area contributed by atoms with Gasteiger partial charge in [0.2, 0.25) is 0 Å². The summed E-state index contributed by atoms with van der Waals surface area (Å²) >= 11 is 0. The minimum absolute atomic E-state index is 0.551. The molecular weight excluding hydrogens is 170 g/mol. The molecule has 0 spiro atoms. The molecule has 0 unspecified atom stereocenters. The fourth-order valence-electron chi connectivity index (χ4n) is 1.72. The fourth-order valence-corrected chi connectivity index (χ4v) is 1.72. The molecule has 0 radical (unpaired) electrons. The van der Waals surface area contributed by atoms with Crippen LogP contribution in [0.3, 0.4) is 0 Å². The second-order valence-electron chi connectivity index (χ2n) is 4.63. The van der Waals surface area contributed by atoms with Crippen LogP contribution in [0.2, 0.25) is 0 Å². The minimum atomic E-state index is 0.551. The number of nitrogens with two attached hydrogens (primary N) is 1. The van der Waals surface area contributed by atoms with Crippen LogP contribution in [0.1, 0.15) is 56.2 Å². The van der Waals surface area contributed by atoms with Gasteiger partial charge in [-0.2, -0.15) is 0 Å². The van der Waals surface area contributed by atoms with Gasteiger partial charge in [0.15, 0.2) is 0 Å². The lowest BCUT2D eigenvalue weighted by molar-refractivity contribution is 0.828. The Morgan fingerprint density at radius 1 is 1.00 bits per heavy atom. The number of rotatable bonds is 2. The molecule has 0 bridgehead atoms. The van der Waals surface area contributed by atoms with E-state index >= 15 is 0 Å². The van der Waals surface area contributed by atoms with Gasteiger partial charge in [0, 0.05) is 5.69 Å². The first-order valence-electron chi connectivity index (χ1n) is 5.33. The molecule has 0 saturated heterocycles. The molecule has 1 aromatic carbocycles. The zero-order chi connectivity index (χ0) is 10.9. The van der Waals surface area contributed by atoms with Crippen LogP contribution in [0.5, 0.6) is 0 Å². The van der Waals surface area contributed by atoms with Crippen molar-refractivity contribution in [1.29, 1.82) is 0 Å². The van der Waals surface area contributed by atoms with E-state index in [4.69, 9.17) is 5.73 Å². The molecule has 1 heteroatoms. The molecule has 78 valence electrons. The molecule has 0 aromatic heterocycles. The Balaban J connectivity index is 3.28. The van der Waals surface area contributed by atoms with Gasteiger partial charge < -0.3 is 5.73 Å². The Bertz CT molecular complexity index is 324. The zero-order valence-corrected chi connectivity index (χ0v) is 9.89. The molecule has 14 heavy (non-hydrogen) atoms. The van der Waals surface area contributed by atoms with E-state index in [9.17, 15) is 0 Å². The summed E-state index contributed by atoms with van der Waals surface area (Å²) in [6.45, 7) is 10.9. The molecule has 0 aliphatic carbocycles. The summed E-state index contributed by atoms with van der Waals surface area (Å²) < 4.78 is 0. The van der Waals surface area contributed by atoms with Crippen molar-refractivity contribution in [3.05, 3.63) is 28.8 Å². The van der Waals surface area contributed by atoms with Crippen LogP contribution in [0.15, 0.2) is 12.1 Å². The number of hydrogen-bond donors (Lipinski definition) is 1. The van der Waals surface area contributed by atoms with Gasteiger partial charge in [-0.15, -0.1) is 0 Å². The van der Waals surface area contributed by atoms with E-state index in [1.807, 2.05) is 0 Å². The quantitative estimate of drug-likeness (QED) is 0.706. The molecule has 0 aliphatic rings. The number of hydrogen-bond acceptors (Lipinski definition) is 1. The Labute approximate surface area is 87.3 Å². The maximum Gasteiger partial charge on any atom is 0.0349 e. The first-order chi connectivity index (χ1) is 6.43. The van der Waals surface area contributed by atoms with Gasteiger partial charge in [-0.1, -0.05) is 33.8 Å². The standard InChI is InChI=1S/C13H21N/c1-8(2)11-6-12(9(3)4)10(5)13(14)7-11/h6-9H,14H2,1-5H3. The summed E-state index contributed by atoms with van der Waals surface area (Å²) in [7, 11) is 0. The van der Waals surface area contributed by atoms with Gasteiger partial charge in [-0.05, 0) is 41.5 Å². The van der Waals surface area contributed by atoms with E-state index in [2.05, 4.69) is 46.8 Å². The van der Waals surface area contributed by atoms with Crippen LogP contribution >= 0.6 is 0 Å². The van der Waals surface area contributed by atoms with E-state index in [0.29, 0.717) is 11.8 Å². The van der Waals surface area contributed by atoms with Crippen molar-refractivity contribution in [1.82, 2.24) is 0 Å². The monoisotopic (exact) mass is 191 g/mol. The van der Waals surface area contributed by atoms with Crippen LogP contribution in [-0.2, 0) is 0 Å². The van der Waals surface area contributed by atoms with Gasteiger partial charge in [0.1, 0.15) is 0 Å². The molecule has 0 amide bonds.